The monoisotopic (exact) mass is 522 g/mol. The SMILES string of the molecule is CC(C)SCCN1C(=O)C(CC(=O)Nc2cccc(Br)c2)CCC1c1ccc(Cl)cc1. The highest BCUT2D eigenvalue weighted by molar-refractivity contribution is 9.10. The predicted molar refractivity (Wildman–Crippen MR) is 134 cm³/mol. The average molecular weight is 524 g/mol. The summed E-state index contributed by atoms with van der Waals surface area (Å²) in [4.78, 5) is 28.0. The number of thioether (sulfide) groups is 1. The van der Waals surface area contributed by atoms with E-state index in [1.54, 1.807) is 0 Å². The number of hydrogen-bond donors (Lipinski definition) is 1. The lowest BCUT2D eigenvalue weighted by Crippen LogP contribution is -2.45. The number of piperidine rings is 1. The van der Waals surface area contributed by atoms with Crippen molar-refractivity contribution in [2.75, 3.05) is 17.6 Å². The van der Waals surface area contributed by atoms with E-state index < -0.39 is 0 Å². The molecule has 0 aliphatic carbocycles. The van der Waals surface area contributed by atoms with Gasteiger partial charge >= 0.3 is 0 Å². The first-order valence-corrected chi connectivity index (χ1v) is 12.8. The second-order valence-corrected chi connectivity index (χ2v) is 11.1. The molecule has 2 unspecified atom stereocenters. The van der Waals surface area contributed by atoms with Crippen molar-refractivity contribution in [2.45, 2.75) is 44.4 Å². The molecule has 1 heterocycles. The van der Waals surface area contributed by atoms with Crippen molar-refractivity contribution in [3.8, 4) is 0 Å². The first kappa shape index (κ1) is 24.1. The van der Waals surface area contributed by atoms with Crippen molar-refractivity contribution in [3.63, 3.8) is 0 Å². The van der Waals surface area contributed by atoms with Crippen LogP contribution >= 0.6 is 39.3 Å². The summed E-state index contributed by atoms with van der Waals surface area (Å²) in [7, 11) is 0. The molecule has 2 atom stereocenters. The lowest BCUT2D eigenvalue weighted by atomic mass is 9.86. The molecule has 0 bridgehead atoms. The molecule has 0 radical (unpaired) electrons. The highest BCUT2D eigenvalue weighted by Crippen LogP contribution is 2.36. The Kier molecular flexibility index (Phi) is 8.87. The molecule has 7 heteroatoms. The molecule has 0 saturated carbocycles. The predicted octanol–water partition coefficient (Wildman–Crippen LogP) is 6.55. The van der Waals surface area contributed by atoms with E-state index in [9.17, 15) is 9.59 Å². The fourth-order valence-corrected chi connectivity index (χ4v) is 5.20. The smallest absolute Gasteiger partial charge is 0.226 e. The van der Waals surface area contributed by atoms with Gasteiger partial charge in [-0.15, -0.1) is 0 Å². The number of nitrogens with one attached hydrogen (secondary N) is 1. The van der Waals surface area contributed by atoms with Crippen molar-refractivity contribution in [1.29, 1.82) is 0 Å². The van der Waals surface area contributed by atoms with Crippen LogP contribution < -0.4 is 5.32 Å². The fraction of sp³-hybridized carbons (Fsp3) is 0.417. The summed E-state index contributed by atoms with van der Waals surface area (Å²) in [6.45, 7) is 5.00. The second-order valence-electron chi connectivity index (χ2n) is 8.06. The Morgan fingerprint density at radius 3 is 2.65 bits per heavy atom. The topological polar surface area (TPSA) is 49.4 Å². The third-order valence-corrected chi connectivity index (χ3v) is 7.21. The van der Waals surface area contributed by atoms with E-state index in [-0.39, 0.29) is 30.2 Å². The fourth-order valence-electron chi connectivity index (χ4n) is 3.90. The number of anilines is 1. The van der Waals surface area contributed by atoms with Gasteiger partial charge in [0.1, 0.15) is 0 Å². The van der Waals surface area contributed by atoms with Crippen LogP contribution in [-0.4, -0.2) is 34.3 Å². The number of benzene rings is 2. The molecule has 4 nitrogen and oxygen atoms in total. The van der Waals surface area contributed by atoms with E-state index in [2.05, 4.69) is 35.1 Å². The first-order chi connectivity index (χ1) is 14.8. The molecular weight excluding hydrogens is 496 g/mol. The maximum absolute atomic E-state index is 13.4. The summed E-state index contributed by atoms with van der Waals surface area (Å²) in [5.41, 5.74) is 1.83. The lowest BCUT2D eigenvalue weighted by Gasteiger charge is -2.39. The molecule has 0 spiro atoms. The van der Waals surface area contributed by atoms with Crippen LogP contribution in [0.5, 0.6) is 0 Å². The van der Waals surface area contributed by atoms with Gasteiger partial charge in [-0.2, -0.15) is 11.8 Å². The Bertz CT molecular complexity index is 907. The lowest BCUT2D eigenvalue weighted by molar-refractivity contribution is -0.143. The van der Waals surface area contributed by atoms with Crippen molar-refractivity contribution in [1.82, 2.24) is 4.90 Å². The van der Waals surface area contributed by atoms with E-state index >= 15 is 0 Å². The number of likely N-dealkylation sites (tertiary alicyclic amines) is 1. The Morgan fingerprint density at radius 1 is 1.23 bits per heavy atom. The van der Waals surface area contributed by atoms with Gasteiger partial charge in [0.05, 0.1) is 6.04 Å². The summed E-state index contributed by atoms with van der Waals surface area (Å²) in [6, 6.07) is 15.3. The maximum atomic E-state index is 13.4. The van der Waals surface area contributed by atoms with E-state index in [0.29, 0.717) is 23.2 Å². The van der Waals surface area contributed by atoms with Crippen molar-refractivity contribution in [3.05, 3.63) is 63.6 Å². The number of halogens is 2. The number of rotatable bonds is 8. The standard InChI is InChI=1S/C24H28BrClN2O2S/c1-16(2)31-13-12-28-22(17-6-9-20(26)10-7-17)11-8-18(24(28)30)14-23(29)27-21-5-3-4-19(25)15-21/h3-7,9-10,15-16,18,22H,8,11-14H2,1-2H3,(H,27,29). The molecule has 166 valence electrons. The summed E-state index contributed by atoms with van der Waals surface area (Å²) < 4.78 is 0.902. The van der Waals surface area contributed by atoms with Crippen LogP contribution in [0.1, 0.15) is 44.7 Å². The largest absolute Gasteiger partial charge is 0.335 e. The molecule has 2 aromatic carbocycles. The number of carbonyl (C=O) groups excluding carboxylic acids is 2. The molecule has 1 aliphatic heterocycles. The average Bonchev–Trinajstić information content (AvgIpc) is 2.71. The van der Waals surface area contributed by atoms with E-state index in [4.69, 9.17) is 11.6 Å². The molecule has 31 heavy (non-hydrogen) atoms. The molecule has 1 fully saturated rings. The molecular formula is C24H28BrClN2O2S. The van der Waals surface area contributed by atoms with Crippen molar-refractivity contribution < 1.29 is 9.59 Å². The second kappa shape index (κ2) is 11.4. The minimum Gasteiger partial charge on any atom is -0.335 e. The van der Waals surface area contributed by atoms with Crippen LogP contribution in [0.4, 0.5) is 5.69 Å². The number of hydrogen-bond acceptors (Lipinski definition) is 3. The van der Waals surface area contributed by atoms with Crippen molar-refractivity contribution >= 4 is 56.8 Å². The Hall–Kier alpha value is -1.50. The van der Waals surface area contributed by atoms with Gasteiger partial charge in [0.2, 0.25) is 11.8 Å². The van der Waals surface area contributed by atoms with Crippen LogP contribution in [0, 0.1) is 5.92 Å². The minimum atomic E-state index is -0.292. The minimum absolute atomic E-state index is 0.0296. The van der Waals surface area contributed by atoms with Gasteiger partial charge in [0.15, 0.2) is 0 Å². The summed E-state index contributed by atoms with van der Waals surface area (Å²) >= 11 is 11.3. The van der Waals surface area contributed by atoms with Gasteiger partial charge in [0.25, 0.3) is 0 Å². The quantitative estimate of drug-likeness (QED) is 0.427. The Balaban J connectivity index is 1.69. The number of nitrogens with zero attached hydrogens (tertiary/aromatic N) is 1. The van der Waals surface area contributed by atoms with E-state index in [1.807, 2.05) is 65.2 Å². The van der Waals surface area contributed by atoms with Gasteiger partial charge < -0.3 is 10.2 Å². The zero-order valence-corrected chi connectivity index (χ0v) is 21.0. The van der Waals surface area contributed by atoms with E-state index in [0.717, 1.165) is 27.9 Å². The Labute approximate surface area is 202 Å². The van der Waals surface area contributed by atoms with Crippen LogP contribution in [-0.2, 0) is 9.59 Å². The number of amides is 2. The van der Waals surface area contributed by atoms with Gasteiger partial charge in [-0.05, 0) is 54.0 Å². The van der Waals surface area contributed by atoms with Gasteiger partial charge in [-0.3, -0.25) is 9.59 Å². The third-order valence-electron chi connectivity index (χ3n) is 5.38. The van der Waals surface area contributed by atoms with Gasteiger partial charge in [-0.25, -0.2) is 0 Å². The van der Waals surface area contributed by atoms with E-state index in [1.165, 1.54) is 0 Å². The van der Waals surface area contributed by atoms with Gasteiger partial charge in [-0.1, -0.05) is 59.6 Å². The third kappa shape index (κ3) is 6.99. The van der Waals surface area contributed by atoms with Crippen LogP contribution in [0.25, 0.3) is 0 Å². The zero-order valence-electron chi connectivity index (χ0n) is 17.8. The summed E-state index contributed by atoms with van der Waals surface area (Å²) in [6.07, 6.45) is 1.74. The van der Waals surface area contributed by atoms with Crippen LogP contribution in [0.3, 0.4) is 0 Å². The molecule has 2 aromatic rings. The van der Waals surface area contributed by atoms with Crippen LogP contribution in [0.2, 0.25) is 5.02 Å². The Morgan fingerprint density at radius 2 is 1.97 bits per heavy atom. The summed E-state index contributed by atoms with van der Waals surface area (Å²) in [5, 5.41) is 4.12. The van der Waals surface area contributed by atoms with Gasteiger partial charge in [0, 0.05) is 39.8 Å². The molecule has 1 N–H and O–H groups in total. The molecule has 1 aliphatic rings. The highest BCUT2D eigenvalue weighted by atomic mass is 79.9. The van der Waals surface area contributed by atoms with Crippen LogP contribution in [0.15, 0.2) is 53.0 Å². The molecule has 2 amide bonds. The number of carbonyl (C=O) groups is 2. The molecule has 0 aromatic heterocycles. The summed E-state index contributed by atoms with van der Waals surface area (Å²) in [5.74, 6) is 0.530. The van der Waals surface area contributed by atoms with Crippen molar-refractivity contribution in [2.24, 2.45) is 5.92 Å². The normalized spacial score (nSPS) is 19.0. The zero-order chi connectivity index (χ0) is 22.4. The highest BCUT2D eigenvalue weighted by Gasteiger charge is 2.36. The molecule has 1 saturated heterocycles. The maximum Gasteiger partial charge on any atom is 0.226 e. The molecule has 3 rings (SSSR count). The first-order valence-electron chi connectivity index (χ1n) is 10.6.